The summed E-state index contributed by atoms with van der Waals surface area (Å²) in [5, 5.41) is 14.3. The van der Waals surface area contributed by atoms with Crippen LogP contribution in [0.4, 0.5) is 0 Å². The zero-order valence-corrected chi connectivity index (χ0v) is 32.4. The summed E-state index contributed by atoms with van der Waals surface area (Å²) in [6, 6.07) is 4.06. The first-order valence-corrected chi connectivity index (χ1v) is 18.9. The summed E-state index contributed by atoms with van der Waals surface area (Å²) >= 11 is 0. The Hall–Kier alpha value is -5.18. The summed E-state index contributed by atoms with van der Waals surface area (Å²) < 4.78 is 5.95. The Morgan fingerprint density at radius 1 is 0.611 bits per heavy atom. The Morgan fingerprint density at radius 3 is 1.41 bits per heavy atom. The molecule has 1 rings (SSSR count). The molecule has 0 bridgehead atoms. The second-order valence-corrected chi connectivity index (χ2v) is 12.7. The van der Waals surface area contributed by atoms with Crippen molar-refractivity contribution < 1.29 is 38.3 Å². The molecule has 17 heteroatoms. The lowest BCUT2D eigenvalue weighted by atomic mass is 10.1. The van der Waals surface area contributed by atoms with Gasteiger partial charge >= 0.3 is 0 Å². The van der Waals surface area contributed by atoms with E-state index in [2.05, 4.69) is 31.3 Å². The highest BCUT2D eigenvalue weighted by molar-refractivity contribution is 6.03. The second kappa shape index (κ2) is 28.3. The van der Waals surface area contributed by atoms with E-state index in [4.69, 9.17) is 10.3 Å². The average Bonchev–Trinajstić information content (AvgIpc) is 3.16. The molecule has 0 radical (unpaired) electrons. The predicted octanol–water partition coefficient (Wildman–Crippen LogP) is 3.27. The number of Topliss-reactive ketones (excluding diaryl/α,β-unsaturated/α-hetero) is 1. The second-order valence-electron chi connectivity index (χ2n) is 12.7. The molecule has 0 aliphatic heterocycles. The summed E-state index contributed by atoms with van der Waals surface area (Å²) in [5.74, 6) is -3.20. The number of carbonyl (C=O) groups is 7. The van der Waals surface area contributed by atoms with Gasteiger partial charge in [0.2, 0.25) is 23.6 Å². The number of nitrogens with one attached hydrogen (secondary N) is 4. The van der Waals surface area contributed by atoms with Crippen LogP contribution in [0.1, 0.15) is 113 Å². The first-order chi connectivity index (χ1) is 26.0. The van der Waals surface area contributed by atoms with Crippen LogP contribution in [0, 0.1) is 0 Å². The van der Waals surface area contributed by atoms with Gasteiger partial charge in [0.15, 0.2) is 0 Å². The van der Waals surface area contributed by atoms with Gasteiger partial charge < -0.3 is 35.8 Å². The fourth-order valence-electron chi connectivity index (χ4n) is 4.98. The van der Waals surface area contributed by atoms with Crippen molar-refractivity contribution in [1.82, 2.24) is 31.1 Å². The highest BCUT2D eigenvalue weighted by Gasteiger charge is 2.26. The third-order valence-electron chi connectivity index (χ3n) is 7.75. The molecule has 0 unspecified atom stereocenters. The van der Waals surface area contributed by atoms with Crippen molar-refractivity contribution in [2.45, 2.75) is 91.9 Å². The van der Waals surface area contributed by atoms with E-state index in [1.54, 1.807) is 0 Å². The van der Waals surface area contributed by atoms with E-state index in [9.17, 15) is 33.6 Å². The van der Waals surface area contributed by atoms with Gasteiger partial charge in [0.05, 0.1) is 6.61 Å². The van der Waals surface area contributed by atoms with Crippen molar-refractivity contribution in [2.75, 3.05) is 65.5 Å². The molecule has 1 aromatic carbocycles. The van der Waals surface area contributed by atoms with Crippen LogP contribution in [0.2, 0.25) is 0 Å². The van der Waals surface area contributed by atoms with Crippen molar-refractivity contribution in [2.24, 2.45) is 5.11 Å². The Morgan fingerprint density at radius 2 is 1.02 bits per heavy atom. The highest BCUT2D eigenvalue weighted by atomic mass is 16.5. The number of rotatable bonds is 29. The summed E-state index contributed by atoms with van der Waals surface area (Å²) in [5.41, 5.74) is 8.24. The first-order valence-electron chi connectivity index (χ1n) is 18.9. The molecule has 1 aromatic rings. The Labute approximate surface area is 318 Å². The molecule has 6 amide bonds. The Bertz CT molecular complexity index is 1310. The minimum atomic E-state index is -0.726. The molecular weight excluding hydrogens is 698 g/mol. The van der Waals surface area contributed by atoms with E-state index in [1.807, 2.05) is 27.7 Å². The molecule has 0 spiro atoms. The topological polar surface area (TPSA) is 232 Å². The number of unbranched alkanes of at least 4 members (excludes halogenated alkanes) is 2. The van der Waals surface area contributed by atoms with Gasteiger partial charge in [-0.2, -0.15) is 0 Å². The van der Waals surface area contributed by atoms with Crippen molar-refractivity contribution in [3.05, 3.63) is 39.8 Å². The average molecular weight is 758 g/mol. The van der Waals surface area contributed by atoms with Crippen molar-refractivity contribution in [3.8, 4) is 5.75 Å². The molecule has 0 aliphatic carbocycles. The Balaban J connectivity index is 3.45. The minimum Gasteiger partial charge on any atom is -0.494 e. The molecule has 0 saturated heterocycles. The molecule has 4 N–H and O–H groups in total. The van der Waals surface area contributed by atoms with Crippen LogP contribution in [0.3, 0.4) is 0 Å². The summed E-state index contributed by atoms with van der Waals surface area (Å²) in [6.07, 6.45) is 5.74. The van der Waals surface area contributed by atoms with Gasteiger partial charge in [0, 0.05) is 61.6 Å². The summed E-state index contributed by atoms with van der Waals surface area (Å²) in [4.78, 5) is 96.3. The lowest BCUT2D eigenvalue weighted by molar-refractivity contribution is -0.125. The van der Waals surface area contributed by atoms with E-state index in [0.29, 0.717) is 84.1 Å². The zero-order valence-electron chi connectivity index (χ0n) is 32.4. The van der Waals surface area contributed by atoms with Crippen LogP contribution >= 0.6 is 0 Å². The fourth-order valence-corrected chi connectivity index (χ4v) is 4.98. The summed E-state index contributed by atoms with van der Waals surface area (Å²) in [6.45, 7) is 7.74. The molecule has 54 heavy (non-hydrogen) atoms. The molecule has 0 aliphatic rings. The largest absolute Gasteiger partial charge is 0.494 e. The number of ketones is 1. The zero-order chi connectivity index (χ0) is 40.1. The third-order valence-corrected chi connectivity index (χ3v) is 7.75. The number of ether oxygens (including phenoxy) is 1. The van der Waals surface area contributed by atoms with Crippen LogP contribution in [0.15, 0.2) is 23.3 Å². The normalized spacial score (nSPS) is 10.4. The predicted molar refractivity (Wildman–Crippen MR) is 204 cm³/mol. The lowest BCUT2D eigenvalue weighted by Gasteiger charge is -2.24. The molecular formula is C37H59N9O8. The van der Waals surface area contributed by atoms with E-state index in [0.717, 1.165) is 16.2 Å². The number of amides is 6. The fraction of sp³-hybridized carbons (Fsp3) is 0.649. The van der Waals surface area contributed by atoms with Gasteiger partial charge in [-0.25, -0.2) is 0 Å². The van der Waals surface area contributed by atoms with E-state index in [1.165, 1.54) is 18.2 Å². The van der Waals surface area contributed by atoms with Crippen molar-refractivity contribution >= 4 is 41.2 Å². The third kappa shape index (κ3) is 20.2. The quantitative estimate of drug-likeness (QED) is 0.0409. The molecule has 17 nitrogen and oxygen atoms in total. The van der Waals surface area contributed by atoms with E-state index < -0.39 is 61.6 Å². The van der Waals surface area contributed by atoms with Gasteiger partial charge in [0.1, 0.15) is 37.7 Å². The summed E-state index contributed by atoms with van der Waals surface area (Å²) in [7, 11) is 0. The Kier molecular flexibility index (Phi) is 24.6. The molecule has 300 valence electrons. The molecule has 0 fully saturated rings. The smallest absolute Gasteiger partial charge is 0.254 e. The minimum absolute atomic E-state index is 0.0406. The molecule has 0 atom stereocenters. The first kappa shape index (κ1) is 46.8. The lowest BCUT2D eigenvalue weighted by Crippen LogP contribution is -2.46. The molecule has 0 saturated carbocycles. The van der Waals surface area contributed by atoms with Gasteiger partial charge in [-0.3, -0.25) is 33.6 Å². The van der Waals surface area contributed by atoms with Crippen LogP contribution in [0.5, 0.6) is 5.75 Å². The van der Waals surface area contributed by atoms with Crippen LogP contribution in [0.25, 0.3) is 10.4 Å². The van der Waals surface area contributed by atoms with E-state index >= 15 is 0 Å². The van der Waals surface area contributed by atoms with Gasteiger partial charge in [-0.15, -0.1) is 0 Å². The SMILES string of the molecule is CCCNC(=O)CN(CC(=O)NCCC)C(=O)c1cc(OCCCC(=O)CCCCCN=[N+]=[N-])cc(C(=O)N(CC(=O)NCCC)CC(=O)NCCC)c1. The maximum Gasteiger partial charge on any atom is 0.254 e. The van der Waals surface area contributed by atoms with Gasteiger partial charge in [0.25, 0.3) is 11.8 Å². The van der Waals surface area contributed by atoms with Crippen LogP contribution in [-0.2, 0) is 24.0 Å². The van der Waals surface area contributed by atoms with Crippen molar-refractivity contribution in [3.63, 3.8) is 0 Å². The van der Waals surface area contributed by atoms with Gasteiger partial charge in [-0.05, 0) is 68.7 Å². The molecule has 0 aromatic heterocycles. The van der Waals surface area contributed by atoms with E-state index in [-0.39, 0.29) is 35.7 Å². The van der Waals surface area contributed by atoms with Crippen LogP contribution in [-0.4, -0.2) is 117 Å². The maximum atomic E-state index is 14.0. The highest BCUT2D eigenvalue weighted by Crippen LogP contribution is 2.21. The van der Waals surface area contributed by atoms with Gasteiger partial charge in [-0.1, -0.05) is 39.2 Å². The number of carbonyl (C=O) groups excluding carboxylic acids is 7. The number of benzene rings is 1. The number of nitrogens with zero attached hydrogens (tertiary/aromatic N) is 5. The number of hydrogen-bond acceptors (Lipinski definition) is 9. The number of azide groups is 1. The molecule has 0 heterocycles. The standard InChI is InChI=1S/C37H59N9O8/c1-5-15-39-32(48)24-45(25-33(49)40-16-6-2)36(52)28-21-29(37(53)46(26-34(50)41-17-7-3)27-35(51)42-18-8-4)23-31(22-28)54-20-12-14-30(47)13-10-9-11-19-43-44-38/h21-23H,5-20,24-27H2,1-4H3,(H,39,48)(H,40,49)(H,41,50)(H,42,51). The number of hydrogen-bond donors (Lipinski definition) is 4. The monoisotopic (exact) mass is 757 g/mol. The maximum absolute atomic E-state index is 14.0. The van der Waals surface area contributed by atoms with Crippen molar-refractivity contribution in [1.29, 1.82) is 0 Å². The van der Waals surface area contributed by atoms with Crippen LogP contribution < -0.4 is 26.0 Å².